The second kappa shape index (κ2) is 6.77. The molecule has 1 N–H and O–H groups in total. The fourth-order valence-corrected chi connectivity index (χ4v) is 2.56. The van der Waals surface area contributed by atoms with Crippen molar-refractivity contribution in [3.8, 4) is 0 Å². The first-order valence-electron chi connectivity index (χ1n) is 7.04. The molecule has 1 amide bonds. The summed E-state index contributed by atoms with van der Waals surface area (Å²) in [5.74, 6) is -4.99. The average Bonchev–Trinajstić information content (AvgIpc) is 2.39. The number of hydrogen-bond donors (Lipinski definition) is 1. The second-order valence-electron chi connectivity index (χ2n) is 5.24. The highest BCUT2D eigenvalue weighted by molar-refractivity contribution is 5.94. The van der Waals surface area contributed by atoms with Gasteiger partial charge in [0.25, 0.3) is 5.91 Å². The summed E-state index contributed by atoms with van der Waals surface area (Å²) in [7, 11) is 0. The first-order chi connectivity index (χ1) is 9.59. The Morgan fingerprint density at radius 2 is 1.55 bits per heavy atom. The fourth-order valence-electron chi connectivity index (χ4n) is 2.56. The molecule has 0 unspecified atom stereocenters. The third-order valence-electron chi connectivity index (χ3n) is 3.72. The van der Waals surface area contributed by atoms with Gasteiger partial charge < -0.3 is 5.32 Å². The maximum Gasteiger partial charge on any atom is 0.254 e. The van der Waals surface area contributed by atoms with Gasteiger partial charge in [0, 0.05) is 6.04 Å². The molecule has 1 fully saturated rings. The Hall–Kier alpha value is -1.52. The molecule has 2 nitrogen and oxygen atoms in total. The Morgan fingerprint density at radius 1 is 0.950 bits per heavy atom. The topological polar surface area (TPSA) is 29.1 Å². The number of carbonyl (C=O) groups is 1. The van der Waals surface area contributed by atoms with E-state index >= 15 is 0 Å². The molecule has 2 rings (SSSR count). The predicted octanol–water partition coefficient (Wildman–Crippen LogP) is 3.95. The number of rotatable bonds is 2. The highest BCUT2D eigenvalue weighted by Crippen LogP contribution is 2.19. The molecular weight excluding hydrogens is 267 g/mol. The largest absolute Gasteiger partial charge is 0.349 e. The molecular formula is C15H18F3NO. The highest BCUT2D eigenvalue weighted by atomic mass is 19.2. The van der Waals surface area contributed by atoms with Gasteiger partial charge in [0.15, 0.2) is 17.5 Å². The van der Waals surface area contributed by atoms with E-state index in [1.54, 1.807) is 0 Å². The molecule has 0 aromatic heterocycles. The molecule has 0 radical (unpaired) electrons. The average molecular weight is 285 g/mol. The van der Waals surface area contributed by atoms with Gasteiger partial charge in [-0.2, -0.15) is 0 Å². The third-order valence-corrected chi connectivity index (χ3v) is 3.72. The Balaban J connectivity index is 2.05. The second-order valence-corrected chi connectivity index (χ2v) is 5.24. The molecule has 0 aliphatic heterocycles. The lowest BCUT2D eigenvalue weighted by atomic mass is 9.96. The van der Waals surface area contributed by atoms with Gasteiger partial charge in [-0.1, -0.05) is 32.1 Å². The summed E-state index contributed by atoms with van der Waals surface area (Å²) in [4.78, 5) is 12.0. The van der Waals surface area contributed by atoms with E-state index < -0.39 is 28.9 Å². The van der Waals surface area contributed by atoms with Crippen LogP contribution >= 0.6 is 0 Å². The molecule has 0 spiro atoms. The van der Waals surface area contributed by atoms with Crippen LogP contribution in [0.15, 0.2) is 12.1 Å². The quantitative estimate of drug-likeness (QED) is 0.819. The minimum absolute atomic E-state index is 0.0182. The van der Waals surface area contributed by atoms with Gasteiger partial charge in [-0.15, -0.1) is 0 Å². The van der Waals surface area contributed by atoms with Crippen molar-refractivity contribution in [3.05, 3.63) is 35.1 Å². The van der Waals surface area contributed by atoms with Gasteiger partial charge in [-0.3, -0.25) is 4.79 Å². The van der Waals surface area contributed by atoms with E-state index in [0.29, 0.717) is 0 Å². The minimum Gasteiger partial charge on any atom is -0.349 e. The molecule has 1 aromatic carbocycles. The van der Waals surface area contributed by atoms with Crippen LogP contribution in [0.1, 0.15) is 55.3 Å². The van der Waals surface area contributed by atoms with E-state index in [-0.39, 0.29) is 6.04 Å². The number of nitrogens with one attached hydrogen (secondary N) is 1. The summed E-state index contributed by atoms with van der Waals surface area (Å²) < 4.78 is 39.5. The minimum atomic E-state index is -1.60. The van der Waals surface area contributed by atoms with Crippen molar-refractivity contribution < 1.29 is 18.0 Å². The lowest BCUT2D eigenvalue weighted by Gasteiger charge is -2.21. The monoisotopic (exact) mass is 285 g/mol. The van der Waals surface area contributed by atoms with E-state index in [9.17, 15) is 18.0 Å². The van der Waals surface area contributed by atoms with Gasteiger partial charge in [0.2, 0.25) is 0 Å². The molecule has 0 atom stereocenters. The number of amides is 1. The first kappa shape index (κ1) is 14.9. The molecule has 1 aromatic rings. The van der Waals surface area contributed by atoms with Gasteiger partial charge in [0.1, 0.15) is 0 Å². The van der Waals surface area contributed by atoms with Crippen LogP contribution in [-0.4, -0.2) is 11.9 Å². The lowest BCUT2D eigenvalue weighted by Crippen LogP contribution is -2.35. The van der Waals surface area contributed by atoms with Crippen LogP contribution < -0.4 is 5.32 Å². The van der Waals surface area contributed by atoms with Crippen LogP contribution in [0.25, 0.3) is 0 Å². The summed E-state index contributed by atoms with van der Waals surface area (Å²) in [6.07, 6.45) is 7.20. The van der Waals surface area contributed by atoms with E-state index in [1.807, 2.05) is 0 Å². The summed E-state index contributed by atoms with van der Waals surface area (Å²) in [5, 5.41) is 2.72. The Bertz CT molecular complexity index is 482. The van der Waals surface area contributed by atoms with E-state index in [4.69, 9.17) is 0 Å². The van der Waals surface area contributed by atoms with Crippen molar-refractivity contribution in [1.29, 1.82) is 0 Å². The van der Waals surface area contributed by atoms with E-state index in [1.165, 1.54) is 6.42 Å². The molecule has 1 saturated carbocycles. The Labute approximate surface area is 116 Å². The normalized spacial score (nSPS) is 17.4. The molecule has 5 heteroatoms. The van der Waals surface area contributed by atoms with Crippen molar-refractivity contribution in [2.75, 3.05) is 0 Å². The van der Waals surface area contributed by atoms with E-state index in [0.717, 1.165) is 50.7 Å². The maximum absolute atomic E-state index is 13.5. The lowest BCUT2D eigenvalue weighted by molar-refractivity contribution is 0.0925. The predicted molar refractivity (Wildman–Crippen MR) is 69.9 cm³/mol. The van der Waals surface area contributed by atoms with Crippen molar-refractivity contribution in [1.82, 2.24) is 5.32 Å². The Kier molecular flexibility index (Phi) is 5.04. The van der Waals surface area contributed by atoms with Crippen LogP contribution in [0.2, 0.25) is 0 Å². The van der Waals surface area contributed by atoms with Crippen LogP contribution in [0.4, 0.5) is 13.2 Å². The van der Waals surface area contributed by atoms with Gasteiger partial charge in [-0.25, -0.2) is 13.2 Å². The third kappa shape index (κ3) is 3.52. The van der Waals surface area contributed by atoms with Crippen molar-refractivity contribution in [2.45, 2.75) is 51.0 Å². The molecule has 110 valence electrons. The maximum atomic E-state index is 13.5. The molecule has 20 heavy (non-hydrogen) atoms. The van der Waals surface area contributed by atoms with Crippen LogP contribution in [0.5, 0.6) is 0 Å². The standard InChI is InChI=1S/C15H18F3NO/c16-12-9-8-11(13(17)14(12)18)15(20)19-10-6-4-2-1-3-5-7-10/h8-10H,1-7H2,(H,19,20). The number of halogens is 3. The molecule has 0 saturated heterocycles. The zero-order valence-electron chi connectivity index (χ0n) is 11.2. The molecule has 0 heterocycles. The van der Waals surface area contributed by atoms with Gasteiger partial charge in [-0.05, 0) is 25.0 Å². The molecule has 0 bridgehead atoms. The zero-order valence-corrected chi connectivity index (χ0v) is 11.2. The van der Waals surface area contributed by atoms with Crippen LogP contribution in [0.3, 0.4) is 0 Å². The van der Waals surface area contributed by atoms with Crippen molar-refractivity contribution in [2.24, 2.45) is 0 Å². The van der Waals surface area contributed by atoms with E-state index in [2.05, 4.69) is 5.32 Å². The van der Waals surface area contributed by atoms with Crippen LogP contribution in [0, 0.1) is 17.5 Å². The van der Waals surface area contributed by atoms with Crippen molar-refractivity contribution in [3.63, 3.8) is 0 Å². The Morgan fingerprint density at radius 3 is 2.20 bits per heavy atom. The smallest absolute Gasteiger partial charge is 0.254 e. The van der Waals surface area contributed by atoms with Crippen LogP contribution in [-0.2, 0) is 0 Å². The summed E-state index contributed by atoms with van der Waals surface area (Å²) in [6, 6.07) is 1.73. The fraction of sp³-hybridized carbons (Fsp3) is 0.533. The zero-order chi connectivity index (χ0) is 14.5. The SMILES string of the molecule is O=C(NC1CCCCCCC1)c1ccc(F)c(F)c1F. The number of hydrogen-bond acceptors (Lipinski definition) is 1. The summed E-state index contributed by atoms with van der Waals surface area (Å²) >= 11 is 0. The summed E-state index contributed by atoms with van der Waals surface area (Å²) in [6.45, 7) is 0. The number of carbonyl (C=O) groups excluding carboxylic acids is 1. The number of benzene rings is 1. The molecule has 1 aliphatic carbocycles. The van der Waals surface area contributed by atoms with Crippen molar-refractivity contribution >= 4 is 5.91 Å². The molecule has 1 aliphatic rings. The first-order valence-corrected chi connectivity index (χ1v) is 7.04. The van der Waals surface area contributed by atoms with Gasteiger partial charge in [0.05, 0.1) is 5.56 Å². The highest BCUT2D eigenvalue weighted by Gasteiger charge is 2.21. The summed E-state index contributed by atoms with van der Waals surface area (Å²) in [5.41, 5.74) is -0.439. The van der Waals surface area contributed by atoms with Gasteiger partial charge >= 0.3 is 0 Å².